The Morgan fingerprint density at radius 1 is 0.957 bits per heavy atom. The summed E-state index contributed by atoms with van der Waals surface area (Å²) in [4.78, 5) is 4.39. The fourth-order valence-electron chi connectivity index (χ4n) is 2.06. The first-order chi connectivity index (χ1) is 11.3. The fourth-order valence-corrected chi connectivity index (χ4v) is 2.86. The number of hydrogen-bond acceptors (Lipinski definition) is 6. The van der Waals surface area contributed by atoms with Crippen LogP contribution in [0.15, 0.2) is 62.6 Å². The summed E-state index contributed by atoms with van der Waals surface area (Å²) < 4.78 is 11.3. The average Bonchev–Trinajstić information content (AvgIpc) is 3.20. The molecule has 0 atom stereocenters. The lowest BCUT2D eigenvalue weighted by Gasteiger charge is -1.94. The molecule has 2 aromatic carbocycles. The molecular weight excluding hydrogens is 334 g/mol. The maximum Gasteiger partial charge on any atom is 0.257 e. The van der Waals surface area contributed by atoms with Gasteiger partial charge in [0.25, 0.3) is 5.22 Å². The first-order valence-corrected chi connectivity index (χ1v) is 8.21. The van der Waals surface area contributed by atoms with Crippen molar-refractivity contribution in [3.8, 4) is 11.5 Å². The van der Waals surface area contributed by atoms with Crippen LogP contribution in [-0.4, -0.2) is 15.2 Å². The predicted octanol–water partition coefficient (Wildman–Crippen LogP) is 4.82. The number of rotatable bonds is 4. The zero-order chi connectivity index (χ0) is 15.6. The van der Waals surface area contributed by atoms with Crippen LogP contribution in [0.4, 0.5) is 0 Å². The third kappa shape index (κ3) is 3.09. The lowest BCUT2D eigenvalue weighted by Crippen LogP contribution is -1.80. The molecule has 0 fully saturated rings. The van der Waals surface area contributed by atoms with Gasteiger partial charge in [-0.3, -0.25) is 0 Å². The molecule has 2 aromatic heterocycles. The molecule has 0 bridgehead atoms. The van der Waals surface area contributed by atoms with E-state index < -0.39 is 0 Å². The number of nitrogens with zero attached hydrogens (tertiary/aromatic N) is 3. The van der Waals surface area contributed by atoms with Crippen LogP contribution in [0, 0.1) is 0 Å². The molecule has 7 heteroatoms. The van der Waals surface area contributed by atoms with E-state index >= 15 is 0 Å². The van der Waals surface area contributed by atoms with E-state index in [2.05, 4.69) is 15.2 Å². The van der Waals surface area contributed by atoms with Crippen LogP contribution in [0.25, 0.3) is 22.6 Å². The van der Waals surface area contributed by atoms with E-state index in [0.717, 1.165) is 16.7 Å². The van der Waals surface area contributed by atoms with Gasteiger partial charge in [-0.2, -0.15) is 0 Å². The minimum absolute atomic E-state index is 0.467. The van der Waals surface area contributed by atoms with Crippen molar-refractivity contribution in [2.45, 2.75) is 11.0 Å². The van der Waals surface area contributed by atoms with Crippen molar-refractivity contribution in [1.82, 2.24) is 15.2 Å². The maximum atomic E-state index is 5.87. The SMILES string of the molecule is Clc1ccc(-c2nnc(CSc3nc4ccccc4o3)o2)cc1. The third-order valence-electron chi connectivity index (χ3n) is 3.15. The van der Waals surface area contributed by atoms with Crippen molar-refractivity contribution >= 4 is 34.5 Å². The Morgan fingerprint density at radius 2 is 1.78 bits per heavy atom. The molecule has 4 aromatic rings. The molecule has 4 rings (SSSR count). The minimum Gasteiger partial charge on any atom is -0.431 e. The van der Waals surface area contributed by atoms with Gasteiger partial charge < -0.3 is 8.83 Å². The van der Waals surface area contributed by atoms with Gasteiger partial charge in [0.2, 0.25) is 11.8 Å². The van der Waals surface area contributed by atoms with E-state index in [4.69, 9.17) is 20.4 Å². The van der Waals surface area contributed by atoms with Gasteiger partial charge in [0, 0.05) is 10.6 Å². The highest BCUT2D eigenvalue weighted by molar-refractivity contribution is 7.98. The summed E-state index contributed by atoms with van der Waals surface area (Å²) >= 11 is 7.28. The van der Waals surface area contributed by atoms with E-state index in [-0.39, 0.29) is 0 Å². The third-order valence-corrected chi connectivity index (χ3v) is 4.22. The molecule has 0 unspecified atom stereocenters. The second kappa shape index (κ2) is 6.06. The van der Waals surface area contributed by atoms with Crippen molar-refractivity contribution in [3.63, 3.8) is 0 Å². The molecule has 0 aliphatic rings. The van der Waals surface area contributed by atoms with Crippen molar-refractivity contribution in [2.24, 2.45) is 0 Å². The zero-order valence-corrected chi connectivity index (χ0v) is 13.3. The number of hydrogen-bond donors (Lipinski definition) is 0. The van der Waals surface area contributed by atoms with Gasteiger partial charge in [0.15, 0.2) is 5.58 Å². The van der Waals surface area contributed by atoms with E-state index in [0.29, 0.717) is 27.8 Å². The molecule has 114 valence electrons. The lowest BCUT2D eigenvalue weighted by molar-refractivity contribution is 0.486. The Balaban J connectivity index is 1.48. The molecule has 0 saturated carbocycles. The summed E-state index contributed by atoms with van der Waals surface area (Å²) in [5.41, 5.74) is 2.43. The highest BCUT2D eigenvalue weighted by Crippen LogP contribution is 2.27. The average molecular weight is 344 g/mol. The van der Waals surface area contributed by atoms with Gasteiger partial charge in [-0.05, 0) is 36.4 Å². The molecule has 0 amide bonds. The number of thioether (sulfide) groups is 1. The summed E-state index contributed by atoms with van der Waals surface area (Å²) in [6.45, 7) is 0. The Kier molecular flexibility index (Phi) is 3.77. The molecule has 0 saturated heterocycles. The Morgan fingerprint density at radius 3 is 2.61 bits per heavy atom. The van der Waals surface area contributed by atoms with E-state index in [1.54, 1.807) is 12.1 Å². The number of aromatic nitrogens is 3. The Labute approximate surface area is 140 Å². The quantitative estimate of drug-likeness (QED) is 0.495. The van der Waals surface area contributed by atoms with Gasteiger partial charge in [-0.1, -0.05) is 35.5 Å². The highest BCUT2D eigenvalue weighted by atomic mass is 35.5. The standard InChI is InChI=1S/C16H10ClN3O2S/c17-11-7-5-10(6-8-11)15-20-19-14(22-15)9-23-16-18-12-3-1-2-4-13(12)21-16/h1-8H,9H2. The summed E-state index contributed by atoms with van der Waals surface area (Å²) in [5, 5.41) is 9.34. The van der Waals surface area contributed by atoms with Gasteiger partial charge >= 0.3 is 0 Å². The van der Waals surface area contributed by atoms with Crippen LogP contribution in [0.3, 0.4) is 0 Å². The Bertz CT molecular complexity index is 916. The van der Waals surface area contributed by atoms with Crippen LogP contribution in [-0.2, 0) is 5.75 Å². The summed E-state index contributed by atoms with van der Waals surface area (Å²) in [6, 6.07) is 14.9. The first-order valence-electron chi connectivity index (χ1n) is 6.84. The zero-order valence-electron chi connectivity index (χ0n) is 11.8. The van der Waals surface area contributed by atoms with Crippen molar-refractivity contribution < 1.29 is 8.83 Å². The molecule has 2 heterocycles. The van der Waals surface area contributed by atoms with E-state index in [1.807, 2.05) is 36.4 Å². The van der Waals surface area contributed by atoms with Crippen LogP contribution in [0.2, 0.25) is 5.02 Å². The predicted molar refractivity (Wildman–Crippen MR) is 88.3 cm³/mol. The smallest absolute Gasteiger partial charge is 0.257 e. The van der Waals surface area contributed by atoms with Crippen LogP contribution >= 0.6 is 23.4 Å². The topological polar surface area (TPSA) is 65.0 Å². The van der Waals surface area contributed by atoms with Crippen LogP contribution in [0.5, 0.6) is 0 Å². The molecule has 0 N–H and O–H groups in total. The highest BCUT2D eigenvalue weighted by Gasteiger charge is 2.11. The van der Waals surface area contributed by atoms with Gasteiger partial charge in [0.1, 0.15) is 5.52 Å². The van der Waals surface area contributed by atoms with Gasteiger partial charge in [-0.25, -0.2) is 4.98 Å². The van der Waals surface area contributed by atoms with Crippen molar-refractivity contribution in [3.05, 3.63) is 59.4 Å². The number of fused-ring (bicyclic) bond motifs is 1. The van der Waals surface area contributed by atoms with E-state index in [9.17, 15) is 0 Å². The molecule has 23 heavy (non-hydrogen) atoms. The van der Waals surface area contributed by atoms with E-state index in [1.165, 1.54) is 11.8 Å². The van der Waals surface area contributed by atoms with Crippen LogP contribution < -0.4 is 0 Å². The number of halogens is 1. The second-order valence-corrected chi connectivity index (χ2v) is 6.11. The van der Waals surface area contributed by atoms with Crippen molar-refractivity contribution in [1.29, 1.82) is 0 Å². The first kappa shape index (κ1) is 14.3. The number of benzene rings is 2. The molecule has 0 radical (unpaired) electrons. The largest absolute Gasteiger partial charge is 0.431 e. The summed E-state index contributed by atoms with van der Waals surface area (Å²) in [6.07, 6.45) is 0. The number of para-hydroxylation sites is 2. The summed E-state index contributed by atoms with van der Waals surface area (Å²) in [7, 11) is 0. The monoisotopic (exact) mass is 343 g/mol. The van der Waals surface area contributed by atoms with Crippen molar-refractivity contribution in [2.75, 3.05) is 0 Å². The fraction of sp³-hybridized carbons (Fsp3) is 0.0625. The van der Waals surface area contributed by atoms with Gasteiger partial charge in [0.05, 0.1) is 5.75 Å². The normalized spacial score (nSPS) is 11.2. The maximum absolute atomic E-state index is 5.87. The second-order valence-electron chi connectivity index (χ2n) is 4.74. The summed E-state index contributed by atoms with van der Waals surface area (Å²) in [5.74, 6) is 1.48. The van der Waals surface area contributed by atoms with Crippen LogP contribution in [0.1, 0.15) is 5.89 Å². The molecule has 0 aliphatic heterocycles. The molecular formula is C16H10ClN3O2S. The van der Waals surface area contributed by atoms with Gasteiger partial charge in [-0.15, -0.1) is 10.2 Å². The number of oxazole rings is 1. The molecule has 0 spiro atoms. The Hall–Kier alpha value is -2.31. The molecule has 0 aliphatic carbocycles. The minimum atomic E-state index is 0.467. The lowest BCUT2D eigenvalue weighted by atomic mass is 10.2. The molecule has 5 nitrogen and oxygen atoms in total.